The number of carbonyl (C=O) groups excluding carboxylic acids is 2. The summed E-state index contributed by atoms with van der Waals surface area (Å²) in [6.07, 6.45) is 0.385. The van der Waals surface area contributed by atoms with Gasteiger partial charge in [-0.2, -0.15) is 0 Å². The molecule has 2 rings (SSSR count). The fraction of sp³-hybridized carbons (Fsp3) is 0.571. The van der Waals surface area contributed by atoms with Crippen molar-refractivity contribution in [3.05, 3.63) is 17.5 Å². The van der Waals surface area contributed by atoms with Gasteiger partial charge in [0.05, 0.1) is 6.61 Å². The van der Waals surface area contributed by atoms with Crippen molar-refractivity contribution in [2.24, 2.45) is 0 Å². The number of rotatable bonds is 3. The third kappa shape index (κ3) is 3.68. The predicted octanol–water partition coefficient (Wildman–Crippen LogP) is 0.677. The number of carbonyl (C=O) groups is 2. The van der Waals surface area contributed by atoms with Crippen molar-refractivity contribution < 1.29 is 14.3 Å². The van der Waals surface area contributed by atoms with E-state index in [0.717, 1.165) is 0 Å². The smallest absolute Gasteiger partial charge is 0.357 e. The Morgan fingerprint density at radius 1 is 1.52 bits per heavy atom. The van der Waals surface area contributed by atoms with Crippen LogP contribution in [-0.2, 0) is 9.53 Å². The quantitative estimate of drug-likeness (QED) is 0.825. The van der Waals surface area contributed by atoms with Gasteiger partial charge in [-0.25, -0.2) is 14.8 Å². The lowest BCUT2D eigenvalue weighted by atomic mass is 10.3. The Labute approximate surface area is 123 Å². The van der Waals surface area contributed by atoms with E-state index in [1.54, 1.807) is 19.9 Å². The molecule has 21 heavy (non-hydrogen) atoms. The van der Waals surface area contributed by atoms with Crippen LogP contribution in [0.2, 0.25) is 0 Å². The number of ether oxygens (including phenoxy) is 1. The molecule has 1 fully saturated rings. The molecule has 1 aromatic heterocycles. The summed E-state index contributed by atoms with van der Waals surface area (Å²) >= 11 is 0. The van der Waals surface area contributed by atoms with E-state index in [4.69, 9.17) is 4.74 Å². The summed E-state index contributed by atoms with van der Waals surface area (Å²) in [7, 11) is 0. The third-order valence-corrected chi connectivity index (χ3v) is 3.29. The van der Waals surface area contributed by atoms with E-state index in [2.05, 4.69) is 15.3 Å². The molecule has 0 aromatic carbocycles. The van der Waals surface area contributed by atoms with E-state index in [1.807, 2.05) is 11.8 Å². The summed E-state index contributed by atoms with van der Waals surface area (Å²) in [5, 5.41) is 2.84. The number of aryl methyl sites for hydroxylation is 1. The number of anilines is 1. The molecule has 2 heterocycles. The van der Waals surface area contributed by atoms with Crippen LogP contribution >= 0.6 is 0 Å². The molecule has 0 spiro atoms. The lowest BCUT2D eigenvalue weighted by molar-refractivity contribution is -0.120. The van der Waals surface area contributed by atoms with Crippen LogP contribution < -0.4 is 10.2 Å². The molecule has 7 nitrogen and oxygen atoms in total. The molecule has 0 aliphatic carbocycles. The van der Waals surface area contributed by atoms with Gasteiger partial charge in [0, 0.05) is 31.2 Å². The Bertz CT molecular complexity index is 547. The standard InChI is InChI=1S/C14H20N4O3/c1-4-21-13(20)11-7-9(2)16-14(17-11)18-6-5-12(19)15-8-10(18)3/h7,10H,4-6,8H2,1-3H3,(H,15,19)/t10-/m0/s1. The summed E-state index contributed by atoms with van der Waals surface area (Å²) in [5.74, 6) is 0.0191. The fourth-order valence-corrected chi connectivity index (χ4v) is 2.19. The second kappa shape index (κ2) is 6.51. The molecule has 7 heteroatoms. The average Bonchev–Trinajstić information content (AvgIpc) is 2.60. The number of amides is 1. The van der Waals surface area contributed by atoms with Gasteiger partial charge in [0.25, 0.3) is 0 Å². The van der Waals surface area contributed by atoms with Gasteiger partial charge in [-0.3, -0.25) is 4.79 Å². The highest BCUT2D eigenvalue weighted by molar-refractivity contribution is 5.87. The average molecular weight is 292 g/mol. The number of hydrogen-bond acceptors (Lipinski definition) is 6. The first-order valence-electron chi connectivity index (χ1n) is 7.07. The zero-order valence-corrected chi connectivity index (χ0v) is 12.5. The minimum Gasteiger partial charge on any atom is -0.461 e. The van der Waals surface area contributed by atoms with Crippen LogP contribution in [0, 0.1) is 6.92 Å². The molecule has 1 N–H and O–H groups in total. The SMILES string of the molecule is CCOC(=O)c1cc(C)nc(N2CCC(=O)NC[C@@H]2C)n1. The van der Waals surface area contributed by atoms with Crippen molar-refractivity contribution in [1.82, 2.24) is 15.3 Å². The predicted molar refractivity (Wildman–Crippen MR) is 77.2 cm³/mol. The van der Waals surface area contributed by atoms with Gasteiger partial charge in [-0.1, -0.05) is 0 Å². The maximum Gasteiger partial charge on any atom is 0.357 e. The number of nitrogens with zero attached hydrogens (tertiary/aromatic N) is 3. The first-order chi connectivity index (χ1) is 10.0. The summed E-state index contributed by atoms with van der Waals surface area (Å²) < 4.78 is 4.98. The highest BCUT2D eigenvalue weighted by Crippen LogP contribution is 2.16. The highest BCUT2D eigenvalue weighted by atomic mass is 16.5. The van der Waals surface area contributed by atoms with E-state index < -0.39 is 5.97 Å². The topological polar surface area (TPSA) is 84.4 Å². The maximum atomic E-state index is 11.8. The van der Waals surface area contributed by atoms with Gasteiger partial charge in [-0.05, 0) is 26.8 Å². The van der Waals surface area contributed by atoms with E-state index in [1.165, 1.54) is 0 Å². The Balaban J connectivity index is 2.29. The van der Waals surface area contributed by atoms with Crippen molar-refractivity contribution >= 4 is 17.8 Å². The van der Waals surface area contributed by atoms with Gasteiger partial charge in [0.1, 0.15) is 0 Å². The second-order valence-corrected chi connectivity index (χ2v) is 5.01. The molecule has 1 atom stereocenters. The lowest BCUT2D eigenvalue weighted by Crippen LogP contribution is -2.39. The van der Waals surface area contributed by atoms with Gasteiger partial charge >= 0.3 is 5.97 Å². The molecule has 0 bridgehead atoms. The maximum absolute atomic E-state index is 11.8. The number of nitrogens with one attached hydrogen (secondary N) is 1. The first-order valence-corrected chi connectivity index (χ1v) is 7.07. The summed E-state index contributed by atoms with van der Waals surface area (Å²) in [6.45, 7) is 6.90. The van der Waals surface area contributed by atoms with Crippen LogP contribution in [0.25, 0.3) is 0 Å². The van der Waals surface area contributed by atoms with E-state index in [-0.39, 0.29) is 17.6 Å². The second-order valence-electron chi connectivity index (χ2n) is 5.01. The molecule has 1 aliphatic rings. The summed E-state index contributed by atoms with van der Waals surface area (Å²) in [5.41, 5.74) is 0.939. The molecule has 114 valence electrons. The first kappa shape index (κ1) is 15.2. The molecule has 0 unspecified atom stereocenters. The van der Waals surface area contributed by atoms with E-state index in [0.29, 0.717) is 37.8 Å². The van der Waals surface area contributed by atoms with Crippen LogP contribution in [-0.4, -0.2) is 47.6 Å². The fourth-order valence-electron chi connectivity index (χ4n) is 2.19. The zero-order chi connectivity index (χ0) is 15.4. The minimum absolute atomic E-state index is 0.0163. The van der Waals surface area contributed by atoms with E-state index >= 15 is 0 Å². The highest BCUT2D eigenvalue weighted by Gasteiger charge is 2.23. The van der Waals surface area contributed by atoms with Crippen LogP contribution in [0.5, 0.6) is 0 Å². The van der Waals surface area contributed by atoms with Gasteiger partial charge < -0.3 is 15.0 Å². The molecule has 1 amide bonds. The molecule has 1 aromatic rings. The number of hydrogen-bond donors (Lipinski definition) is 1. The normalized spacial score (nSPS) is 18.9. The van der Waals surface area contributed by atoms with Crippen molar-refractivity contribution in [1.29, 1.82) is 0 Å². The van der Waals surface area contributed by atoms with Crippen LogP contribution in [0.3, 0.4) is 0 Å². The molecule has 0 saturated carbocycles. The van der Waals surface area contributed by atoms with Crippen LogP contribution in [0.4, 0.5) is 5.95 Å². The van der Waals surface area contributed by atoms with Gasteiger partial charge in [-0.15, -0.1) is 0 Å². The largest absolute Gasteiger partial charge is 0.461 e. The number of esters is 1. The molecular weight excluding hydrogens is 272 g/mol. The Morgan fingerprint density at radius 3 is 3.00 bits per heavy atom. The lowest BCUT2D eigenvalue weighted by Gasteiger charge is -2.26. The van der Waals surface area contributed by atoms with Crippen molar-refractivity contribution in [3.63, 3.8) is 0 Å². The van der Waals surface area contributed by atoms with Crippen molar-refractivity contribution in [3.8, 4) is 0 Å². The number of aromatic nitrogens is 2. The van der Waals surface area contributed by atoms with Crippen molar-refractivity contribution in [2.45, 2.75) is 33.2 Å². The molecule has 0 radical (unpaired) electrons. The minimum atomic E-state index is -0.457. The molecule has 1 aliphatic heterocycles. The van der Waals surface area contributed by atoms with Gasteiger partial charge in [0.2, 0.25) is 11.9 Å². The van der Waals surface area contributed by atoms with Crippen LogP contribution in [0.15, 0.2) is 6.07 Å². The third-order valence-electron chi connectivity index (χ3n) is 3.29. The monoisotopic (exact) mass is 292 g/mol. The summed E-state index contributed by atoms with van der Waals surface area (Å²) in [6, 6.07) is 1.67. The van der Waals surface area contributed by atoms with Crippen molar-refractivity contribution in [2.75, 3.05) is 24.6 Å². The summed E-state index contributed by atoms with van der Waals surface area (Å²) in [4.78, 5) is 33.9. The molecular formula is C14H20N4O3. The van der Waals surface area contributed by atoms with E-state index in [9.17, 15) is 9.59 Å². The zero-order valence-electron chi connectivity index (χ0n) is 12.5. The molecule has 1 saturated heterocycles. The Kier molecular flexibility index (Phi) is 4.72. The Hall–Kier alpha value is -2.18. The van der Waals surface area contributed by atoms with Gasteiger partial charge in [0.15, 0.2) is 5.69 Å². The Morgan fingerprint density at radius 2 is 2.29 bits per heavy atom. The van der Waals surface area contributed by atoms with Crippen LogP contribution in [0.1, 0.15) is 36.5 Å².